The van der Waals surface area contributed by atoms with E-state index in [4.69, 9.17) is 26.1 Å². The lowest BCUT2D eigenvalue weighted by molar-refractivity contribution is 0.0977. The van der Waals surface area contributed by atoms with Crippen molar-refractivity contribution in [3.05, 3.63) is 71.8 Å². The molecule has 0 aliphatic heterocycles. The number of fused-ring (bicyclic) bond motifs is 1. The van der Waals surface area contributed by atoms with Crippen LogP contribution in [0.25, 0.3) is 22.6 Å². The first-order valence-corrected chi connectivity index (χ1v) is 11.7. The highest BCUT2D eigenvalue weighted by Gasteiger charge is 2.15. The summed E-state index contributed by atoms with van der Waals surface area (Å²) < 4.78 is 16.9. The van der Waals surface area contributed by atoms with Crippen molar-refractivity contribution >= 4 is 40.0 Å². The molecule has 35 heavy (non-hydrogen) atoms. The molecule has 1 heterocycles. The molecular formula is C27H27N3O4S. The smallest absolute Gasteiger partial charge is 0.257 e. The van der Waals surface area contributed by atoms with Crippen LogP contribution in [0.1, 0.15) is 42.6 Å². The zero-order valence-electron chi connectivity index (χ0n) is 20.0. The van der Waals surface area contributed by atoms with E-state index in [1.165, 1.54) is 5.56 Å². The van der Waals surface area contributed by atoms with Gasteiger partial charge < -0.3 is 19.2 Å². The van der Waals surface area contributed by atoms with E-state index in [1.807, 2.05) is 37.3 Å². The first-order valence-electron chi connectivity index (χ1n) is 11.3. The number of anilines is 1. The van der Waals surface area contributed by atoms with Gasteiger partial charge in [-0.1, -0.05) is 26.0 Å². The largest absolute Gasteiger partial charge is 0.495 e. The van der Waals surface area contributed by atoms with Crippen LogP contribution in [0.5, 0.6) is 11.5 Å². The molecule has 0 saturated carbocycles. The van der Waals surface area contributed by atoms with Crippen LogP contribution in [0.15, 0.2) is 65.1 Å². The van der Waals surface area contributed by atoms with Crippen LogP contribution >= 0.6 is 12.2 Å². The molecular weight excluding hydrogens is 462 g/mol. The van der Waals surface area contributed by atoms with Crippen molar-refractivity contribution in [1.82, 2.24) is 10.3 Å². The number of amides is 1. The van der Waals surface area contributed by atoms with Gasteiger partial charge in [-0.25, -0.2) is 4.98 Å². The van der Waals surface area contributed by atoms with Gasteiger partial charge in [-0.05, 0) is 79.2 Å². The summed E-state index contributed by atoms with van der Waals surface area (Å²) >= 11 is 5.39. The topological polar surface area (TPSA) is 85.6 Å². The van der Waals surface area contributed by atoms with E-state index in [0.29, 0.717) is 46.7 Å². The monoisotopic (exact) mass is 489 g/mol. The summed E-state index contributed by atoms with van der Waals surface area (Å²) in [6.45, 7) is 6.68. The number of carbonyl (C=O) groups excluding carboxylic acids is 1. The Morgan fingerprint density at radius 1 is 1.11 bits per heavy atom. The second-order valence-corrected chi connectivity index (χ2v) is 8.59. The van der Waals surface area contributed by atoms with E-state index < -0.39 is 0 Å². The minimum Gasteiger partial charge on any atom is -0.495 e. The lowest BCUT2D eigenvalue weighted by Gasteiger charge is -2.14. The number of ether oxygens (including phenoxy) is 2. The first-order chi connectivity index (χ1) is 16.9. The first kappa shape index (κ1) is 24.2. The van der Waals surface area contributed by atoms with E-state index in [2.05, 4.69) is 29.5 Å². The molecule has 0 bridgehead atoms. The summed E-state index contributed by atoms with van der Waals surface area (Å²) in [5, 5.41) is 5.87. The van der Waals surface area contributed by atoms with Crippen molar-refractivity contribution in [2.24, 2.45) is 0 Å². The van der Waals surface area contributed by atoms with Gasteiger partial charge in [-0.2, -0.15) is 0 Å². The fourth-order valence-corrected chi connectivity index (χ4v) is 3.79. The van der Waals surface area contributed by atoms with E-state index >= 15 is 0 Å². The summed E-state index contributed by atoms with van der Waals surface area (Å²) in [5.41, 5.74) is 4.47. The van der Waals surface area contributed by atoms with Gasteiger partial charge in [0.05, 0.1) is 19.4 Å². The number of benzene rings is 3. The predicted octanol–water partition coefficient (Wildman–Crippen LogP) is 6.15. The molecule has 0 unspecified atom stereocenters. The number of methoxy groups -OCH3 is 1. The number of hydrogen-bond acceptors (Lipinski definition) is 6. The third-order valence-electron chi connectivity index (χ3n) is 5.41. The Balaban J connectivity index is 1.54. The number of oxazole rings is 1. The van der Waals surface area contributed by atoms with Crippen molar-refractivity contribution in [2.75, 3.05) is 19.0 Å². The Morgan fingerprint density at radius 3 is 2.69 bits per heavy atom. The molecule has 4 rings (SSSR count). The number of hydrogen-bond donors (Lipinski definition) is 2. The van der Waals surface area contributed by atoms with E-state index in [0.717, 1.165) is 11.1 Å². The molecule has 7 nitrogen and oxygen atoms in total. The third kappa shape index (κ3) is 5.60. The van der Waals surface area contributed by atoms with Crippen LogP contribution in [0.2, 0.25) is 0 Å². The van der Waals surface area contributed by atoms with Gasteiger partial charge in [0, 0.05) is 11.1 Å². The number of rotatable bonds is 7. The van der Waals surface area contributed by atoms with Crippen LogP contribution in [0.3, 0.4) is 0 Å². The maximum absolute atomic E-state index is 12.7. The van der Waals surface area contributed by atoms with Crippen molar-refractivity contribution in [1.29, 1.82) is 0 Å². The highest BCUT2D eigenvalue weighted by Crippen LogP contribution is 2.32. The van der Waals surface area contributed by atoms with E-state index in [-0.39, 0.29) is 11.0 Å². The van der Waals surface area contributed by atoms with Crippen molar-refractivity contribution in [3.8, 4) is 23.0 Å². The van der Waals surface area contributed by atoms with Crippen molar-refractivity contribution < 1.29 is 18.7 Å². The molecule has 2 N–H and O–H groups in total. The van der Waals surface area contributed by atoms with Crippen LogP contribution in [-0.4, -0.2) is 29.7 Å². The zero-order chi connectivity index (χ0) is 24.9. The standard InChI is InChI=1S/C27H27N3O4S/c1-5-33-20-8-6-7-18(13-20)25(31)30-27(35)29-21-15-19(10-11-23(21)32-4)26-28-22-14-17(16(2)3)9-12-24(22)34-26/h6-16H,5H2,1-4H3,(H2,29,30,31,35). The highest BCUT2D eigenvalue weighted by atomic mass is 32.1. The molecule has 1 amide bonds. The fraction of sp³-hybridized carbons (Fsp3) is 0.222. The Morgan fingerprint density at radius 2 is 1.94 bits per heavy atom. The average molecular weight is 490 g/mol. The molecule has 180 valence electrons. The Bertz CT molecular complexity index is 1380. The summed E-state index contributed by atoms with van der Waals surface area (Å²) in [6, 6.07) is 18.4. The minimum atomic E-state index is -0.348. The zero-order valence-corrected chi connectivity index (χ0v) is 20.9. The number of thiocarbonyl (C=S) groups is 1. The number of nitrogens with zero attached hydrogens (tertiary/aromatic N) is 1. The number of nitrogens with one attached hydrogen (secondary N) is 2. The Hall–Kier alpha value is -3.91. The van der Waals surface area contributed by atoms with Crippen LogP contribution in [0.4, 0.5) is 5.69 Å². The molecule has 0 aliphatic rings. The number of aromatic nitrogens is 1. The van der Waals surface area contributed by atoms with Gasteiger partial charge in [-0.3, -0.25) is 10.1 Å². The molecule has 0 atom stereocenters. The average Bonchev–Trinajstić information content (AvgIpc) is 3.28. The second-order valence-electron chi connectivity index (χ2n) is 8.19. The van der Waals surface area contributed by atoms with Gasteiger partial charge in [0.25, 0.3) is 5.91 Å². The van der Waals surface area contributed by atoms with E-state index in [9.17, 15) is 4.79 Å². The molecule has 0 spiro atoms. The molecule has 0 aliphatic carbocycles. The normalized spacial score (nSPS) is 10.9. The predicted molar refractivity (Wildman–Crippen MR) is 141 cm³/mol. The third-order valence-corrected chi connectivity index (χ3v) is 5.61. The van der Waals surface area contributed by atoms with E-state index in [1.54, 1.807) is 37.4 Å². The molecule has 8 heteroatoms. The number of carbonyl (C=O) groups is 1. The Labute approximate surface area is 209 Å². The van der Waals surface area contributed by atoms with Crippen molar-refractivity contribution in [3.63, 3.8) is 0 Å². The van der Waals surface area contributed by atoms with Crippen LogP contribution < -0.4 is 20.1 Å². The quantitative estimate of drug-likeness (QED) is 0.301. The molecule has 0 fully saturated rings. The maximum atomic E-state index is 12.7. The highest BCUT2D eigenvalue weighted by molar-refractivity contribution is 7.80. The van der Waals surface area contributed by atoms with Gasteiger partial charge >= 0.3 is 0 Å². The minimum absolute atomic E-state index is 0.131. The van der Waals surface area contributed by atoms with Crippen LogP contribution in [0, 0.1) is 0 Å². The SMILES string of the molecule is CCOc1cccc(C(=O)NC(=S)Nc2cc(-c3nc4cc(C(C)C)ccc4o3)ccc2OC)c1. The van der Waals surface area contributed by atoms with Crippen LogP contribution in [-0.2, 0) is 0 Å². The summed E-state index contributed by atoms with van der Waals surface area (Å²) in [7, 11) is 1.56. The molecule has 1 aromatic heterocycles. The Kier molecular flexibility index (Phi) is 7.31. The summed E-state index contributed by atoms with van der Waals surface area (Å²) in [4.78, 5) is 17.3. The lowest BCUT2D eigenvalue weighted by atomic mass is 10.0. The van der Waals surface area contributed by atoms with Gasteiger partial charge in [-0.15, -0.1) is 0 Å². The lowest BCUT2D eigenvalue weighted by Crippen LogP contribution is -2.34. The summed E-state index contributed by atoms with van der Waals surface area (Å²) in [5.74, 6) is 1.71. The molecule has 0 radical (unpaired) electrons. The van der Waals surface area contributed by atoms with Gasteiger partial charge in [0.15, 0.2) is 10.7 Å². The van der Waals surface area contributed by atoms with Gasteiger partial charge in [0.2, 0.25) is 5.89 Å². The summed E-state index contributed by atoms with van der Waals surface area (Å²) in [6.07, 6.45) is 0. The molecule has 0 saturated heterocycles. The van der Waals surface area contributed by atoms with Gasteiger partial charge in [0.1, 0.15) is 17.0 Å². The maximum Gasteiger partial charge on any atom is 0.257 e. The van der Waals surface area contributed by atoms with Crippen molar-refractivity contribution in [2.45, 2.75) is 26.7 Å². The molecule has 3 aromatic carbocycles. The molecule has 4 aromatic rings. The fourth-order valence-electron chi connectivity index (χ4n) is 3.59. The second kappa shape index (κ2) is 10.6.